The molecule has 0 amide bonds. The number of aliphatic hydroxyl groups is 1. The van der Waals surface area contributed by atoms with Gasteiger partial charge in [-0.1, -0.05) is 0 Å². The van der Waals surface area contributed by atoms with E-state index in [0.29, 0.717) is 6.04 Å². The molecule has 2 fully saturated rings. The summed E-state index contributed by atoms with van der Waals surface area (Å²) in [5.41, 5.74) is 0. The van der Waals surface area contributed by atoms with Crippen LogP contribution in [0.3, 0.4) is 0 Å². The van der Waals surface area contributed by atoms with E-state index in [1.165, 1.54) is 25.9 Å². The summed E-state index contributed by atoms with van der Waals surface area (Å²) in [6.45, 7) is 9.28. The number of rotatable bonds is 2. The van der Waals surface area contributed by atoms with Crippen molar-refractivity contribution >= 4 is 0 Å². The van der Waals surface area contributed by atoms with Gasteiger partial charge in [-0.3, -0.25) is 9.80 Å². The van der Waals surface area contributed by atoms with Crippen LogP contribution in [0.2, 0.25) is 0 Å². The van der Waals surface area contributed by atoms with Crippen LogP contribution in [0.1, 0.15) is 39.5 Å². The Bertz CT molecular complexity index is 212. The first-order valence-corrected chi connectivity index (χ1v) is 6.83. The van der Waals surface area contributed by atoms with Gasteiger partial charge in [0.25, 0.3) is 0 Å². The molecule has 0 saturated carbocycles. The molecule has 2 aliphatic rings. The Morgan fingerprint density at radius 1 is 1.06 bits per heavy atom. The third-order valence-electron chi connectivity index (χ3n) is 4.17. The topological polar surface area (TPSA) is 26.7 Å². The van der Waals surface area contributed by atoms with Crippen LogP contribution < -0.4 is 0 Å². The highest BCUT2D eigenvalue weighted by Gasteiger charge is 2.28. The first-order valence-electron chi connectivity index (χ1n) is 6.83. The molecule has 2 aliphatic heterocycles. The molecule has 1 atom stereocenters. The summed E-state index contributed by atoms with van der Waals surface area (Å²) in [5.74, 6) is 0. The van der Waals surface area contributed by atoms with E-state index >= 15 is 0 Å². The molecule has 0 aromatic rings. The highest BCUT2D eigenvalue weighted by molar-refractivity contribution is 4.84. The molecule has 0 bridgehead atoms. The maximum Gasteiger partial charge on any atom is 0.0564 e. The quantitative estimate of drug-likeness (QED) is 0.769. The third-order valence-corrected chi connectivity index (χ3v) is 4.17. The number of hydrogen-bond donors (Lipinski definition) is 1. The summed E-state index contributed by atoms with van der Waals surface area (Å²) < 4.78 is 0. The Kier molecular flexibility index (Phi) is 4.22. The fraction of sp³-hybridized carbons (Fsp3) is 1.00. The lowest BCUT2D eigenvalue weighted by molar-refractivity contribution is 0.0274. The molecule has 0 aromatic heterocycles. The predicted octanol–water partition coefficient (Wildman–Crippen LogP) is 1.32. The van der Waals surface area contributed by atoms with Crippen molar-refractivity contribution in [2.45, 2.75) is 57.7 Å². The minimum absolute atomic E-state index is 0.0407. The number of piperidine rings is 2. The Morgan fingerprint density at radius 2 is 1.75 bits per heavy atom. The SMILES string of the molecule is CC(C)N1CCCC(N2CCC(O)CC2)C1. The number of nitrogens with zero attached hydrogens (tertiary/aromatic N) is 2. The maximum absolute atomic E-state index is 9.53. The molecule has 2 rings (SSSR count). The van der Waals surface area contributed by atoms with Crippen LogP contribution in [0.15, 0.2) is 0 Å². The Balaban J connectivity index is 1.84. The Morgan fingerprint density at radius 3 is 2.38 bits per heavy atom. The Labute approximate surface area is 99.4 Å². The van der Waals surface area contributed by atoms with E-state index < -0.39 is 0 Å². The van der Waals surface area contributed by atoms with Crippen LogP contribution >= 0.6 is 0 Å². The lowest BCUT2D eigenvalue weighted by Crippen LogP contribution is -2.52. The average Bonchev–Trinajstić information content (AvgIpc) is 2.30. The fourth-order valence-corrected chi connectivity index (χ4v) is 3.00. The zero-order chi connectivity index (χ0) is 11.5. The molecule has 3 heteroatoms. The van der Waals surface area contributed by atoms with Gasteiger partial charge in [-0.05, 0) is 46.1 Å². The van der Waals surface area contributed by atoms with Gasteiger partial charge in [0.2, 0.25) is 0 Å². The maximum atomic E-state index is 9.53. The lowest BCUT2D eigenvalue weighted by Gasteiger charge is -2.43. The largest absolute Gasteiger partial charge is 0.393 e. The first-order chi connectivity index (χ1) is 7.66. The van der Waals surface area contributed by atoms with Crippen LogP contribution in [0.5, 0.6) is 0 Å². The second-order valence-corrected chi connectivity index (χ2v) is 5.65. The normalized spacial score (nSPS) is 31.1. The van der Waals surface area contributed by atoms with E-state index in [0.717, 1.165) is 32.0 Å². The van der Waals surface area contributed by atoms with Crippen LogP contribution in [0, 0.1) is 0 Å². The van der Waals surface area contributed by atoms with Gasteiger partial charge >= 0.3 is 0 Å². The van der Waals surface area contributed by atoms with E-state index in [2.05, 4.69) is 23.6 Å². The van der Waals surface area contributed by atoms with Gasteiger partial charge in [-0.15, -0.1) is 0 Å². The molecule has 94 valence electrons. The molecule has 0 radical (unpaired) electrons. The molecule has 0 aromatic carbocycles. The summed E-state index contributed by atoms with van der Waals surface area (Å²) >= 11 is 0. The van der Waals surface area contributed by atoms with Crippen molar-refractivity contribution in [3.05, 3.63) is 0 Å². The second-order valence-electron chi connectivity index (χ2n) is 5.65. The molecule has 1 N–H and O–H groups in total. The highest BCUT2D eigenvalue weighted by atomic mass is 16.3. The number of hydrogen-bond acceptors (Lipinski definition) is 3. The average molecular weight is 226 g/mol. The fourth-order valence-electron chi connectivity index (χ4n) is 3.00. The molecule has 0 aliphatic carbocycles. The summed E-state index contributed by atoms with van der Waals surface area (Å²) in [6.07, 6.45) is 4.58. The summed E-state index contributed by atoms with van der Waals surface area (Å²) in [5, 5.41) is 9.53. The molecule has 2 saturated heterocycles. The van der Waals surface area contributed by atoms with Crippen molar-refractivity contribution < 1.29 is 5.11 Å². The second kappa shape index (κ2) is 5.48. The molecule has 1 unspecified atom stereocenters. The van der Waals surface area contributed by atoms with Gasteiger partial charge in [-0.2, -0.15) is 0 Å². The predicted molar refractivity (Wildman–Crippen MR) is 66.5 cm³/mol. The van der Waals surface area contributed by atoms with Crippen molar-refractivity contribution in [3.8, 4) is 0 Å². The van der Waals surface area contributed by atoms with Gasteiger partial charge in [0.05, 0.1) is 6.10 Å². The van der Waals surface area contributed by atoms with Crippen LogP contribution in [0.4, 0.5) is 0 Å². The van der Waals surface area contributed by atoms with Crippen LogP contribution in [-0.4, -0.2) is 59.3 Å². The molecule has 3 nitrogen and oxygen atoms in total. The van der Waals surface area contributed by atoms with Crippen LogP contribution in [0.25, 0.3) is 0 Å². The van der Waals surface area contributed by atoms with Crippen molar-refractivity contribution in [3.63, 3.8) is 0 Å². The molecular formula is C13H26N2O. The number of aliphatic hydroxyl groups excluding tert-OH is 1. The van der Waals surface area contributed by atoms with Crippen molar-refractivity contribution in [2.24, 2.45) is 0 Å². The van der Waals surface area contributed by atoms with E-state index in [4.69, 9.17) is 0 Å². The third kappa shape index (κ3) is 2.96. The number of likely N-dealkylation sites (tertiary alicyclic amines) is 2. The lowest BCUT2D eigenvalue weighted by atomic mass is 9.99. The molecule has 0 spiro atoms. The monoisotopic (exact) mass is 226 g/mol. The van der Waals surface area contributed by atoms with Gasteiger partial charge in [0.1, 0.15) is 0 Å². The first kappa shape index (κ1) is 12.3. The van der Waals surface area contributed by atoms with Crippen molar-refractivity contribution in [1.82, 2.24) is 9.80 Å². The molecule has 2 heterocycles. The van der Waals surface area contributed by atoms with Crippen molar-refractivity contribution in [2.75, 3.05) is 26.2 Å². The van der Waals surface area contributed by atoms with E-state index in [9.17, 15) is 5.11 Å². The standard InChI is InChI=1S/C13H26N2O/c1-11(2)15-7-3-4-12(10-15)14-8-5-13(16)6-9-14/h11-13,16H,3-10H2,1-2H3. The van der Waals surface area contributed by atoms with E-state index in [-0.39, 0.29) is 6.10 Å². The minimum atomic E-state index is -0.0407. The molecular weight excluding hydrogens is 200 g/mol. The van der Waals surface area contributed by atoms with Gasteiger partial charge < -0.3 is 5.11 Å². The minimum Gasteiger partial charge on any atom is -0.393 e. The van der Waals surface area contributed by atoms with Gasteiger partial charge in [-0.25, -0.2) is 0 Å². The smallest absolute Gasteiger partial charge is 0.0564 e. The highest BCUT2D eigenvalue weighted by Crippen LogP contribution is 2.21. The van der Waals surface area contributed by atoms with E-state index in [1.54, 1.807) is 0 Å². The zero-order valence-electron chi connectivity index (χ0n) is 10.7. The summed E-state index contributed by atoms with van der Waals surface area (Å²) in [4.78, 5) is 5.19. The summed E-state index contributed by atoms with van der Waals surface area (Å²) in [7, 11) is 0. The molecule has 16 heavy (non-hydrogen) atoms. The van der Waals surface area contributed by atoms with Crippen molar-refractivity contribution in [1.29, 1.82) is 0 Å². The van der Waals surface area contributed by atoms with Gasteiger partial charge in [0, 0.05) is 31.7 Å². The Hall–Kier alpha value is -0.120. The van der Waals surface area contributed by atoms with E-state index in [1.807, 2.05) is 0 Å². The van der Waals surface area contributed by atoms with Crippen LogP contribution in [-0.2, 0) is 0 Å². The zero-order valence-corrected chi connectivity index (χ0v) is 10.7. The van der Waals surface area contributed by atoms with Gasteiger partial charge in [0.15, 0.2) is 0 Å². The summed E-state index contributed by atoms with van der Waals surface area (Å²) in [6, 6.07) is 1.42.